The molecule has 1 saturated heterocycles. The summed E-state index contributed by atoms with van der Waals surface area (Å²) in [7, 11) is 1.74. The second-order valence-electron chi connectivity index (χ2n) is 5.98. The van der Waals surface area contributed by atoms with Crippen LogP contribution in [0.1, 0.15) is 29.7 Å². The third-order valence-corrected chi connectivity index (χ3v) is 4.54. The van der Waals surface area contributed by atoms with Crippen molar-refractivity contribution in [2.75, 3.05) is 18.6 Å². The second-order valence-corrected chi connectivity index (χ2v) is 5.98. The van der Waals surface area contributed by atoms with Gasteiger partial charge in [-0.2, -0.15) is 5.10 Å². The van der Waals surface area contributed by atoms with Gasteiger partial charge in [-0.05, 0) is 56.4 Å². The van der Waals surface area contributed by atoms with Crippen LogP contribution in [0.15, 0.2) is 30.3 Å². The van der Waals surface area contributed by atoms with Crippen LogP contribution in [0.3, 0.4) is 0 Å². The minimum atomic E-state index is 0.465. The number of hydrogen-bond acceptors (Lipinski definition) is 4. The molecule has 4 nitrogen and oxygen atoms in total. The molecule has 0 amide bonds. The molecule has 1 fully saturated rings. The van der Waals surface area contributed by atoms with E-state index >= 15 is 0 Å². The third-order valence-electron chi connectivity index (χ3n) is 4.54. The summed E-state index contributed by atoms with van der Waals surface area (Å²) < 4.78 is 5.48. The van der Waals surface area contributed by atoms with E-state index in [-0.39, 0.29) is 0 Å². The maximum atomic E-state index is 5.48. The fourth-order valence-electron chi connectivity index (χ4n) is 3.15. The van der Waals surface area contributed by atoms with Gasteiger partial charge in [0.2, 0.25) is 0 Å². The van der Waals surface area contributed by atoms with E-state index < -0.39 is 0 Å². The van der Waals surface area contributed by atoms with E-state index in [4.69, 9.17) is 4.74 Å². The fraction of sp³-hybridized carbons (Fsp3) is 0.444. The van der Waals surface area contributed by atoms with E-state index in [1.54, 1.807) is 7.11 Å². The van der Waals surface area contributed by atoms with Gasteiger partial charge in [0.05, 0.1) is 12.8 Å². The van der Waals surface area contributed by atoms with Gasteiger partial charge in [0.15, 0.2) is 5.82 Å². The first-order valence-electron chi connectivity index (χ1n) is 7.88. The van der Waals surface area contributed by atoms with Crippen LogP contribution in [0.25, 0.3) is 0 Å². The topological polar surface area (TPSA) is 38.2 Å². The predicted octanol–water partition coefficient (Wildman–Crippen LogP) is 3.31. The monoisotopic (exact) mass is 297 g/mol. The van der Waals surface area contributed by atoms with E-state index in [1.807, 2.05) is 19.1 Å². The number of aromatic nitrogens is 2. The molecule has 1 aromatic heterocycles. The number of para-hydroxylation sites is 1. The highest BCUT2D eigenvalue weighted by molar-refractivity contribution is 5.44. The molecule has 22 heavy (non-hydrogen) atoms. The highest BCUT2D eigenvalue weighted by Gasteiger charge is 2.27. The summed E-state index contributed by atoms with van der Waals surface area (Å²) in [6.07, 6.45) is 3.37. The second kappa shape index (κ2) is 6.34. The number of rotatable bonds is 4. The molecule has 1 unspecified atom stereocenters. The molecule has 4 heteroatoms. The molecule has 1 aliphatic heterocycles. The van der Waals surface area contributed by atoms with Crippen LogP contribution in [0.4, 0.5) is 5.82 Å². The summed E-state index contributed by atoms with van der Waals surface area (Å²) >= 11 is 0. The molecule has 0 bridgehead atoms. The number of anilines is 1. The van der Waals surface area contributed by atoms with Crippen molar-refractivity contribution in [1.82, 2.24) is 10.2 Å². The average molecular weight is 297 g/mol. The minimum absolute atomic E-state index is 0.465. The van der Waals surface area contributed by atoms with E-state index in [0.717, 1.165) is 30.2 Å². The Labute approximate surface area is 132 Å². The zero-order valence-corrected chi connectivity index (χ0v) is 13.5. The number of ether oxygens (including phenoxy) is 1. The van der Waals surface area contributed by atoms with Crippen LogP contribution in [0, 0.1) is 13.8 Å². The van der Waals surface area contributed by atoms with Crippen molar-refractivity contribution >= 4 is 5.82 Å². The van der Waals surface area contributed by atoms with Crippen molar-refractivity contribution in [1.29, 1.82) is 0 Å². The number of nitrogens with zero attached hydrogens (tertiary/aromatic N) is 3. The Morgan fingerprint density at radius 2 is 2.05 bits per heavy atom. The summed E-state index contributed by atoms with van der Waals surface area (Å²) in [5.41, 5.74) is 3.47. The summed E-state index contributed by atoms with van der Waals surface area (Å²) in [6, 6.07) is 10.9. The molecule has 1 atom stereocenters. The third kappa shape index (κ3) is 2.91. The molecule has 1 aromatic carbocycles. The molecule has 0 spiro atoms. The van der Waals surface area contributed by atoms with Crippen LogP contribution < -0.4 is 9.64 Å². The Hall–Kier alpha value is -2.10. The smallest absolute Gasteiger partial charge is 0.151 e. The van der Waals surface area contributed by atoms with Crippen molar-refractivity contribution in [3.63, 3.8) is 0 Å². The van der Waals surface area contributed by atoms with Crippen molar-refractivity contribution in [2.24, 2.45) is 0 Å². The Balaban J connectivity index is 1.82. The standard InChI is InChI=1S/C18H23N3O/c1-13-11-18(20-19-14(13)2)21-10-6-8-16(21)12-15-7-4-5-9-17(15)22-3/h4-5,7,9,11,16H,6,8,10,12H2,1-3H3. The Morgan fingerprint density at radius 1 is 1.23 bits per heavy atom. The van der Waals surface area contributed by atoms with Gasteiger partial charge in [0.1, 0.15) is 5.75 Å². The van der Waals surface area contributed by atoms with Gasteiger partial charge in [-0.3, -0.25) is 0 Å². The zero-order chi connectivity index (χ0) is 15.5. The number of methoxy groups -OCH3 is 1. The molecule has 2 aromatic rings. The maximum absolute atomic E-state index is 5.48. The lowest BCUT2D eigenvalue weighted by molar-refractivity contribution is 0.408. The van der Waals surface area contributed by atoms with Gasteiger partial charge in [-0.25, -0.2) is 0 Å². The number of hydrogen-bond donors (Lipinski definition) is 0. The fourth-order valence-corrected chi connectivity index (χ4v) is 3.15. The summed E-state index contributed by atoms with van der Waals surface area (Å²) in [6.45, 7) is 5.15. The first-order chi connectivity index (χ1) is 10.7. The van der Waals surface area contributed by atoms with Gasteiger partial charge >= 0.3 is 0 Å². The molecule has 116 valence electrons. The Morgan fingerprint density at radius 3 is 2.82 bits per heavy atom. The SMILES string of the molecule is COc1ccccc1CC1CCCN1c1cc(C)c(C)nn1. The molecule has 0 radical (unpaired) electrons. The van der Waals surface area contributed by atoms with Crippen molar-refractivity contribution in [3.05, 3.63) is 47.2 Å². The van der Waals surface area contributed by atoms with Gasteiger partial charge in [0.25, 0.3) is 0 Å². The number of aryl methyl sites for hydroxylation is 2. The lowest BCUT2D eigenvalue weighted by Gasteiger charge is -2.26. The lowest BCUT2D eigenvalue weighted by atomic mass is 10.0. The van der Waals surface area contributed by atoms with Gasteiger partial charge in [0, 0.05) is 12.6 Å². The average Bonchev–Trinajstić information content (AvgIpc) is 2.99. The summed E-state index contributed by atoms with van der Waals surface area (Å²) in [5, 5.41) is 8.68. The molecule has 2 heterocycles. The Kier molecular flexibility index (Phi) is 4.27. The van der Waals surface area contributed by atoms with Gasteiger partial charge < -0.3 is 9.64 Å². The highest BCUT2D eigenvalue weighted by atomic mass is 16.5. The van der Waals surface area contributed by atoms with Gasteiger partial charge in [-0.1, -0.05) is 18.2 Å². The van der Waals surface area contributed by atoms with Crippen LogP contribution in [0.2, 0.25) is 0 Å². The van der Waals surface area contributed by atoms with Crippen molar-refractivity contribution in [2.45, 2.75) is 39.2 Å². The van der Waals surface area contributed by atoms with E-state index in [2.05, 4.69) is 40.2 Å². The summed E-state index contributed by atoms with van der Waals surface area (Å²) in [4.78, 5) is 2.39. The molecular formula is C18H23N3O. The molecule has 0 aliphatic carbocycles. The molecular weight excluding hydrogens is 274 g/mol. The van der Waals surface area contributed by atoms with Crippen LogP contribution in [-0.4, -0.2) is 29.9 Å². The van der Waals surface area contributed by atoms with E-state index in [0.29, 0.717) is 6.04 Å². The van der Waals surface area contributed by atoms with Crippen LogP contribution in [0.5, 0.6) is 5.75 Å². The first kappa shape index (κ1) is 14.8. The molecule has 0 saturated carbocycles. The number of benzene rings is 1. The quantitative estimate of drug-likeness (QED) is 0.868. The molecule has 1 aliphatic rings. The largest absolute Gasteiger partial charge is 0.496 e. The van der Waals surface area contributed by atoms with Crippen LogP contribution >= 0.6 is 0 Å². The van der Waals surface area contributed by atoms with Crippen molar-refractivity contribution < 1.29 is 4.74 Å². The first-order valence-corrected chi connectivity index (χ1v) is 7.88. The molecule has 0 N–H and O–H groups in total. The van der Waals surface area contributed by atoms with Crippen LogP contribution in [-0.2, 0) is 6.42 Å². The highest BCUT2D eigenvalue weighted by Crippen LogP contribution is 2.29. The van der Waals surface area contributed by atoms with Crippen molar-refractivity contribution in [3.8, 4) is 5.75 Å². The lowest BCUT2D eigenvalue weighted by Crippen LogP contribution is -2.32. The Bertz CT molecular complexity index is 657. The predicted molar refractivity (Wildman–Crippen MR) is 88.6 cm³/mol. The summed E-state index contributed by atoms with van der Waals surface area (Å²) in [5.74, 6) is 1.97. The minimum Gasteiger partial charge on any atom is -0.496 e. The zero-order valence-electron chi connectivity index (χ0n) is 13.5. The van der Waals surface area contributed by atoms with E-state index in [1.165, 1.54) is 24.0 Å². The maximum Gasteiger partial charge on any atom is 0.151 e. The molecule has 3 rings (SSSR count). The van der Waals surface area contributed by atoms with Gasteiger partial charge in [-0.15, -0.1) is 5.10 Å². The normalized spacial score (nSPS) is 17.8. The van der Waals surface area contributed by atoms with E-state index in [9.17, 15) is 0 Å².